The maximum atomic E-state index is 11.7. The molecule has 2 amide bonds. The molecule has 84 valence electrons. The predicted molar refractivity (Wildman–Crippen MR) is 53.2 cm³/mol. The van der Waals surface area contributed by atoms with Crippen LogP contribution in [0.1, 0.15) is 20.8 Å². The van der Waals surface area contributed by atoms with Gasteiger partial charge in [0.05, 0.1) is 12.0 Å². The van der Waals surface area contributed by atoms with Crippen LogP contribution in [0.3, 0.4) is 0 Å². The predicted octanol–water partition coefficient (Wildman–Crippen LogP) is 0.352. The Labute approximate surface area is 88.8 Å². The summed E-state index contributed by atoms with van der Waals surface area (Å²) in [6.07, 6.45) is -0.327. The lowest BCUT2D eigenvalue weighted by atomic mass is 9.95. The van der Waals surface area contributed by atoms with Crippen LogP contribution in [0.4, 0.5) is 4.79 Å². The third-order valence-corrected chi connectivity index (χ3v) is 2.64. The van der Waals surface area contributed by atoms with Crippen molar-refractivity contribution < 1.29 is 14.3 Å². The highest BCUT2D eigenvalue weighted by Crippen LogP contribution is 2.25. The molecule has 1 N–H and O–H groups in total. The first-order valence-electron chi connectivity index (χ1n) is 5.15. The van der Waals surface area contributed by atoms with Crippen LogP contribution in [-0.4, -0.2) is 41.6 Å². The van der Waals surface area contributed by atoms with E-state index in [1.54, 1.807) is 4.90 Å². The number of rotatable bonds is 0. The highest BCUT2D eigenvalue weighted by Gasteiger charge is 2.48. The van der Waals surface area contributed by atoms with Crippen molar-refractivity contribution in [1.29, 1.82) is 0 Å². The summed E-state index contributed by atoms with van der Waals surface area (Å²) in [7, 11) is 0. The molecule has 2 saturated heterocycles. The van der Waals surface area contributed by atoms with E-state index in [-0.39, 0.29) is 24.0 Å². The molecule has 2 rings (SSSR count). The molecule has 0 aromatic rings. The second kappa shape index (κ2) is 3.12. The molecular formula is C10H16N2O3. The first-order valence-corrected chi connectivity index (χ1v) is 5.15. The van der Waals surface area contributed by atoms with Crippen molar-refractivity contribution >= 4 is 12.0 Å². The zero-order valence-electron chi connectivity index (χ0n) is 9.24. The van der Waals surface area contributed by atoms with Gasteiger partial charge in [-0.3, -0.25) is 4.79 Å². The molecule has 5 heteroatoms. The normalized spacial score (nSPS) is 29.3. The minimum atomic E-state index is -0.476. The molecule has 0 aliphatic carbocycles. The van der Waals surface area contributed by atoms with Gasteiger partial charge in [-0.25, -0.2) is 4.79 Å². The molecule has 2 aliphatic heterocycles. The number of nitrogens with zero attached hydrogens (tertiary/aromatic N) is 1. The van der Waals surface area contributed by atoms with Gasteiger partial charge in [0.1, 0.15) is 5.60 Å². The molecule has 15 heavy (non-hydrogen) atoms. The van der Waals surface area contributed by atoms with Gasteiger partial charge in [-0.2, -0.15) is 0 Å². The average molecular weight is 212 g/mol. The van der Waals surface area contributed by atoms with Gasteiger partial charge >= 0.3 is 6.09 Å². The summed E-state index contributed by atoms with van der Waals surface area (Å²) in [6, 6.07) is 0.144. The fraction of sp³-hybridized carbons (Fsp3) is 0.800. The molecule has 0 spiro atoms. The van der Waals surface area contributed by atoms with E-state index in [9.17, 15) is 9.59 Å². The summed E-state index contributed by atoms with van der Waals surface area (Å²) in [5, 5.41) is 2.76. The van der Waals surface area contributed by atoms with Crippen LogP contribution in [0.25, 0.3) is 0 Å². The maximum Gasteiger partial charge on any atom is 0.410 e. The van der Waals surface area contributed by atoms with Crippen LogP contribution < -0.4 is 5.32 Å². The second-order valence-electron chi connectivity index (χ2n) is 5.11. The molecule has 0 unspecified atom stereocenters. The standard InChI is InChI=1S/C10H16N2O3/c1-10(2,3)15-9(14)12-4-6-7(5-12)11-8(6)13/h6-7H,4-5H2,1-3H3,(H,11,13)/t6-,7+/m0/s1. The summed E-state index contributed by atoms with van der Waals surface area (Å²) in [5.74, 6) is 0.0311. The van der Waals surface area contributed by atoms with Crippen molar-refractivity contribution in [1.82, 2.24) is 10.2 Å². The summed E-state index contributed by atoms with van der Waals surface area (Å²) in [6.45, 7) is 6.56. The van der Waals surface area contributed by atoms with Gasteiger partial charge in [0, 0.05) is 13.1 Å². The SMILES string of the molecule is CC(C)(C)OC(=O)N1C[C@@H]2C(=O)N[C@@H]2C1. The Morgan fingerprint density at radius 3 is 2.60 bits per heavy atom. The zero-order chi connectivity index (χ0) is 11.2. The Kier molecular flexibility index (Phi) is 2.13. The lowest BCUT2D eigenvalue weighted by Gasteiger charge is -2.28. The van der Waals surface area contributed by atoms with E-state index >= 15 is 0 Å². The fourth-order valence-corrected chi connectivity index (χ4v) is 1.88. The quantitative estimate of drug-likeness (QED) is 0.589. The van der Waals surface area contributed by atoms with Crippen molar-refractivity contribution in [2.24, 2.45) is 5.92 Å². The Morgan fingerprint density at radius 2 is 2.13 bits per heavy atom. The fourth-order valence-electron chi connectivity index (χ4n) is 1.88. The van der Waals surface area contributed by atoms with Crippen molar-refractivity contribution in [2.75, 3.05) is 13.1 Å². The third-order valence-electron chi connectivity index (χ3n) is 2.64. The number of hydrogen-bond acceptors (Lipinski definition) is 3. The highest BCUT2D eigenvalue weighted by atomic mass is 16.6. The lowest BCUT2D eigenvalue weighted by Crippen LogP contribution is -2.57. The number of hydrogen-bond donors (Lipinski definition) is 1. The van der Waals surface area contributed by atoms with Crippen LogP contribution in [-0.2, 0) is 9.53 Å². The Balaban J connectivity index is 1.91. The van der Waals surface area contributed by atoms with Gasteiger partial charge in [0.2, 0.25) is 5.91 Å². The van der Waals surface area contributed by atoms with E-state index in [4.69, 9.17) is 4.74 Å². The molecular weight excluding hydrogens is 196 g/mol. The molecule has 0 radical (unpaired) electrons. The number of β-lactam (4-membered cyclic amide) rings is 1. The first kappa shape index (κ1) is 10.3. The molecule has 0 saturated carbocycles. The molecule has 2 atom stereocenters. The second-order valence-corrected chi connectivity index (χ2v) is 5.11. The van der Waals surface area contributed by atoms with Crippen LogP contribution in [0.5, 0.6) is 0 Å². The van der Waals surface area contributed by atoms with Crippen molar-refractivity contribution in [3.63, 3.8) is 0 Å². The summed E-state index contributed by atoms with van der Waals surface area (Å²) < 4.78 is 5.23. The monoisotopic (exact) mass is 212 g/mol. The number of carbonyl (C=O) groups is 2. The van der Waals surface area contributed by atoms with Crippen LogP contribution in [0, 0.1) is 5.92 Å². The third kappa shape index (κ3) is 1.91. The highest BCUT2D eigenvalue weighted by molar-refractivity contribution is 5.88. The number of nitrogens with one attached hydrogen (secondary N) is 1. The number of carbonyl (C=O) groups excluding carboxylic acids is 2. The topological polar surface area (TPSA) is 58.6 Å². The smallest absolute Gasteiger partial charge is 0.410 e. The molecule has 0 bridgehead atoms. The van der Waals surface area contributed by atoms with Gasteiger partial charge < -0.3 is 15.0 Å². The van der Waals surface area contributed by atoms with Crippen LogP contribution in [0.15, 0.2) is 0 Å². The average Bonchev–Trinajstić information content (AvgIpc) is 2.39. The molecule has 5 nitrogen and oxygen atoms in total. The van der Waals surface area contributed by atoms with E-state index in [0.29, 0.717) is 13.1 Å². The summed E-state index contributed by atoms with van der Waals surface area (Å²) in [4.78, 5) is 24.3. The van der Waals surface area contributed by atoms with E-state index in [1.807, 2.05) is 20.8 Å². The van der Waals surface area contributed by atoms with Gasteiger partial charge in [0.15, 0.2) is 0 Å². The van der Waals surface area contributed by atoms with Gasteiger partial charge in [-0.15, -0.1) is 0 Å². The van der Waals surface area contributed by atoms with Gasteiger partial charge in [-0.05, 0) is 20.8 Å². The molecule has 0 aromatic carbocycles. The van der Waals surface area contributed by atoms with Crippen LogP contribution in [0.2, 0.25) is 0 Å². The number of likely N-dealkylation sites (tertiary alicyclic amines) is 1. The molecule has 2 aliphatic rings. The molecule has 2 fully saturated rings. The minimum absolute atomic E-state index is 0.0162. The van der Waals surface area contributed by atoms with E-state index < -0.39 is 5.60 Å². The first-order chi connectivity index (χ1) is 6.87. The molecule has 2 heterocycles. The Hall–Kier alpha value is -1.26. The molecule has 0 aromatic heterocycles. The van der Waals surface area contributed by atoms with E-state index in [1.165, 1.54) is 0 Å². The number of ether oxygens (including phenoxy) is 1. The van der Waals surface area contributed by atoms with Crippen LogP contribution >= 0.6 is 0 Å². The largest absolute Gasteiger partial charge is 0.444 e. The minimum Gasteiger partial charge on any atom is -0.444 e. The van der Waals surface area contributed by atoms with Crippen molar-refractivity contribution in [2.45, 2.75) is 32.4 Å². The summed E-state index contributed by atoms with van der Waals surface area (Å²) >= 11 is 0. The maximum absolute atomic E-state index is 11.7. The Morgan fingerprint density at radius 1 is 1.47 bits per heavy atom. The van der Waals surface area contributed by atoms with Crippen molar-refractivity contribution in [3.05, 3.63) is 0 Å². The van der Waals surface area contributed by atoms with Gasteiger partial charge in [0.25, 0.3) is 0 Å². The zero-order valence-corrected chi connectivity index (χ0v) is 9.24. The summed E-state index contributed by atoms with van der Waals surface area (Å²) in [5.41, 5.74) is -0.476. The van der Waals surface area contributed by atoms with E-state index in [2.05, 4.69) is 5.32 Å². The number of fused-ring (bicyclic) bond motifs is 1. The Bertz CT molecular complexity index is 308. The van der Waals surface area contributed by atoms with Crippen molar-refractivity contribution in [3.8, 4) is 0 Å². The van der Waals surface area contributed by atoms with Gasteiger partial charge in [-0.1, -0.05) is 0 Å². The van der Waals surface area contributed by atoms with E-state index in [0.717, 1.165) is 0 Å². The number of amides is 2. The lowest BCUT2D eigenvalue weighted by molar-refractivity contribution is -0.132.